The van der Waals surface area contributed by atoms with Gasteiger partial charge in [-0.25, -0.2) is 0 Å². The Bertz CT molecular complexity index is 911. The standard InChI is InChI=1S/C24H26O6/c1-24(2,3)30-22(26)13-15(23(27)28)12-21(25)29-14-20-18-10-6-4-8-16(18)17-9-5-7-11-19(17)20/h4-11,15,20H,12-14H2,1-3H3,(H,27,28)/t15-/m0/s1. The van der Waals surface area contributed by atoms with E-state index in [1.54, 1.807) is 20.8 Å². The first-order chi connectivity index (χ1) is 14.2. The number of aliphatic carboxylic acids is 1. The first-order valence-corrected chi connectivity index (χ1v) is 9.94. The number of benzene rings is 2. The molecule has 6 heteroatoms. The Morgan fingerprint density at radius 1 is 0.900 bits per heavy atom. The van der Waals surface area contributed by atoms with Crippen molar-refractivity contribution in [1.82, 2.24) is 0 Å². The topological polar surface area (TPSA) is 89.9 Å². The molecule has 1 N–H and O–H groups in total. The summed E-state index contributed by atoms with van der Waals surface area (Å²) in [5, 5.41) is 9.39. The van der Waals surface area contributed by atoms with Crippen LogP contribution in [0.15, 0.2) is 48.5 Å². The van der Waals surface area contributed by atoms with Gasteiger partial charge in [-0.1, -0.05) is 48.5 Å². The molecule has 1 aliphatic carbocycles. The average molecular weight is 410 g/mol. The van der Waals surface area contributed by atoms with Gasteiger partial charge in [0, 0.05) is 5.92 Å². The van der Waals surface area contributed by atoms with Crippen LogP contribution in [0.25, 0.3) is 11.1 Å². The quantitative estimate of drug-likeness (QED) is 0.689. The molecule has 0 unspecified atom stereocenters. The van der Waals surface area contributed by atoms with Crippen LogP contribution < -0.4 is 0 Å². The van der Waals surface area contributed by atoms with E-state index in [4.69, 9.17) is 9.47 Å². The maximum absolute atomic E-state index is 12.4. The lowest BCUT2D eigenvalue weighted by Crippen LogP contribution is -2.28. The molecule has 0 aromatic heterocycles. The Morgan fingerprint density at radius 3 is 1.90 bits per heavy atom. The van der Waals surface area contributed by atoms with Crippen molar-refractivity contribution in [3.05, 3.63) is 59.7 Å². The lowest BCUT2D eigenvalue weighted by molar-refractivity contribution is -0.161. The van der Waals surface area contributed by atoms with Crippen LogP contribution in [0.5, 0.6) is 0 Å². The Labute approximate surface area is 175 Å². The molecule has 158 valence electrons. The van der Waals surface area contributed by atoms with Gasteiger partial charge in [-0.15, -0.1) is 0 Å². The second kappa shape index (κ2) is 8.69. The van der Waals surface area contributed by atoms with E-state index in [0.29, 0.717) is 0 Å². The minimum Gasteiger partial charge on any atom is -0.481 e. The minimum atomic E-state index is -1.23. The summed E-state index contributed by atoms with van der Waals surface area (Å²) in [6.45, 7) is 5.22. The highest BCUT2D eigenvalue weighted by Gasteiger charge is 2.31. The molecular weight excluding hydrogens is 384 g/mol. The van der Waals surface area contributed by atoms with Gasteiger partial charge >= 0.3 is 17.9 Å². The zero-order valence-corrected chi connectivity index (χ0v) is 17.4. The molecule has 1 atom stereocenters. The highest BCUT2D eigenvalue weighted by molar-refractivity contribution is 5.84. The number of esters is 2. The van der Waals surface area contributed by atoms with Crippen molar-refractivity contribution in [3.8, 4) is 11.1 Å². The van der Waals surface area contributed by atoms with Crippen LogP contribution in [0.3, 0.4) is 0 Å². The molecule has 0 radical (unpaired) electrons. The zero-order valence-electron chi connectivity index (χ0n) is 17.4. The highest BCUT2D eigenvalue weighted by atomic mass is 16.6. The summed E-state index contributed by atoms with van der Waals surface area (Å²) in [7, 11) is 0. The van der Waals surface area contributed by atoms with E-state index < -0.39 is 29.4 Å². The summed E-state index contributed by atoms with van der Waals surface area (Å²) < 4.78 is 10.6. The van der Waals surface area contributed by atoms with Gasteiger partial charge < -0.3 is 14.6 Å². The summed E-state index contributed by atoms with van der Waals surface area (Å²) >= 11 is 0. The van der Waals surface area contributed by atoms with Crippen molar-refractivity contribution in [2.45, 2.75) is 45.1 Å². The van der Waals surface area contributed by atoms with Crippen LogP contribution in [0.2, 0.25) is 0 Å². The minimum absolute atomic E-state index is 0.101. The van der Waals surface area contributed by atoms with Gasteiger partial charge in [0.1, 0.15) is 12.2 Å². The van der Waals surface area contributed by atoms with Crippen molar-refractivity contribution in [1.29, 1.82) is 0 Å². The molecule has 0 heterocycles. The van der Waals surface area contributed by atoms with E-state index in [0.717, 1.165) is 22.3 Å². The number of rotatable bonds is 7. The lowest BCUT2D eigenvalue weighted by Gasteiger charge is -2.21. The zero-order chi connectivity index (χ0) is 21.9. The fraction of sp³-hybridized carbons (Fsp3) is 0.375. The molecule has 3 rings (SSSR count). The van der Waals surface area contributed by atoms with Gasteiger partial charge in [0.2, 0.25) is 0 Å². The normalized spacial score (nSPS) is 13.8. The van der Waals surface area contributed by atoms with Crippen molar-refractivity contribution in [2.24, 2.45) is 5.92 Å². The lowest BCUT2D eigenvalue weighted by atomic mass is 9.98. The highest BCUT2D eigenvalue weighted by Crippen LogP contribution is 2.44. The average Bonchev–Trinajstić information content (AvgIpc) is 2.98. The largest absolute Gasteiger partial charge is 0.481 e. The molecule has 2 aromatic rings. The second-order valence-electron chi connectivity index (χ2n) is 8.44. The molecule has 0 fully saturated rings. The van der Waals surface area contributed by atoms with Gasteiger partial charge in [-0.2, -0.15) is 0 Å². The van der Waals surface area contributed by atoms with E-state index in [9.17, 15) is 19.5 Å². The van der Waals surface area contributed by atoms with Crippen LogP contribution >= 0.6 is 0 Å². The van der Waals surface area contributed by atoms with Crippen molar-refractivity contribution < 1.29 is 29.0 Å². The molecule has 0 aliphatic heterocycles. The fourth-order valence-corrected chi connectivity index (χ4v) is 3.71. The Morgan fingerprint density at radius 2 is 1.40 bits per heavy atom. The molecule has 6 nitrogen and oxygen atoms in total. The molecule has 0 spiro atoms. The second-order valence-corrected chi connectivity index (χ2v) is 8.44. The molecular formula is C24H26O6. The molecule has 0 amide bonds. The Kier molecular flexibility index (Phi) is 6.25. The van der Waals surface area contributed by atoms with Gasteiger partial charge in [-0.3, -0.25) is 14.4 Å². The molecule has 0 saturated heterocycles. The number of fused-ring (bicyclic) bond motifs is 3. The SMILES string of the molecule is CC(C)(C)OC(=O)C[C@H](CC(=O)OCC1c2ccccc2-c2ccccc21)C(=O)O. The van der Waals surface area contributed by atoms with Crippen LogP contribution in [0, 0.1) is 5.92 Å². The van der Waals surface area contributed by atoms with Crippen molar-refractivity contribution in [3.63, 3.8) is 0 Å². The van der Waals surface area contributed by atoms with Crippen LogP contribution in [-0.4, -0.2) is 35.2 Å². The summed E-state index contributed by atoms with van der Waals surface area (Å²) in [6.07, 6.45) is -0.763. The van der Waals surface area contributed by atoms with E-state index in [1.165, 1.54) is 0 Å². The van der Waals surface area contributed by atoms with E-state index in [-0.39, 0.29) is 25.4 Å². The third-order valence-electron chi connectivity index (χ3n) is 4.97. The van der Waals surface area contributed by atoms with E-state index >= 15 is 0 Å². The van der Waals surface area contributed by atoms with Crippen LogP contribution in [0.4, 0.5) is 0 Å². The Balaban J connectivity index is 1.64. The predicted octanol–water partition coefficient (Wildman–Crippen LogP) is 4.16. The smallest absolute Gasteiger partial charge is 0.307 e. The third-order valence-corrected chi connectivity index (χ3v) is 4.97. The maximum Gasteiger partial charge on any atom is 0.307 e. The molecule has 30 heavy (non-hydrogen) atoms. The van der Waals surface area contributed by atoms with Gasteiger partial charge in [0.05, 0.1) is 18.8 Å². The summed E-state index contributed by atoms with van der Waals surface area (Å²) in [5.74, 6) is -3.81. The first kappa shape index (κ1) is 21.6. The summed E-state index contributed by atoms with van der Waals surface area (Å²) in [4.78, 5) is 35.8. The van der Waals surface area contributed by atoms with Gasteiger partial charge in [0.25, 0.3) is 0 Å². The first-order valence-electron chi connectivity index (χ1n) is 9.94. The molecule has 2 aromatic carbocycles. The van der Waals surface area contributed by atoms with Crippen LogP contribution in [0.1, 0.15) is 50.7 Å². The van der Waals surface area contributed by atoms with Gasteiger partial charge in [0.15, 0.2) is 0 Å². The van der Waals surface area contributed by atoms with E-state index in [2.05, 4.69) is 0 Å². The third kappa shape index (κ3) is 5.06. The number of carboxylic acid groups (broad SMARTS) is 1. The van der Waals surface area contributed by atoms with E-state index in [1.807, 2.05) is 48.5 Å². The molecule has 1 aliphatic rings. The maximum atomic E-state index is 12.4. The number of hydrogen-bond acceptors (Lipinski definition) is 5. The monoisotopic (exact) mass is 410 g/mol. The van der Waals surface area contributed by atoms with Gasteiger partial charge in [-0.05, 0) is 43.0 Å². The molecule has 0 saturated carbocycles. The number of ether oxygens (including phenoxy) is 2. The Hall–Kier alpha value is -3.15. The number of carbonyl (C=O) groups is 3. The fourth-order valence-electron chi connectivity index (χ4n) is 3.71. The predicted molar refractivity (Wildman–Crippen MR) is 111 cm³/mol. The summed E-state index contributed by atoms with van der Waals surface area (Å²) in [6, 6.07) is 15.9. The number of carboxylic acids is 1. The van der Waals surface area contributed by atoms with Crippen LogP contribution in [-0.2, 0) is 23.9 Å². The summed E-state index contributed by atoms with van der Waals surface area (Å²) in [5.41, 5.74) is 3.67. The number of hydrogen-bond donors (Lipinski definition) is 1. The molecule has 0 bridgehead atoms. The number of carbonyl (C=O) groups excluding carboxylic acids is 2. The van der Waals surface area contributed by atoms with Crippen molar-refractivity contribution >= 4 is 17.9 Å². The van der Waals surface area contributed by atoms with Crippen molar-refractivity contribution in [2.75, 3.05) is 6.61 Å².